The molecule has 39 heavy (non-hydrogen) atoms. The van der Waals surface area contributed by atoms with Gasteiger partial charge in [-0.3, -0.25) is 14.7 Å². The van der Waals surface area contributed by atoms with Gasteiger partial charge < -0.3 is 15.4 Å². The second-order valence-electron chi connectivity index (χ2n) is 9.74. The van der Waals surface area contributed by atoms with Crippen molar-refractivity contribution in [3.8, 4) is 5.75 Å². The molecule has 3 amide bonds. The molecule has 1 aliphatic carbocycles. The first-order chi connectivity index (χ1) is 18.8. The summed E-state index contributed by atoms with van der Waals surface area (Å²) in [6.45, 7) is -0.654. The average Bonchev–Trinajstić information content (AvgIpc) is 3.76. The second kappa shape index (κ2) is 10.0. The van der Waals surface area contributed by atoms with Crippen LogP contribution in [0.15, 0.2) is 36.5 Å². The van der Waals surface area contributed by atoms with E-state index in [1.807, 2.05) is 0 Å². The molecule has 1 atom stereocenters. The molecule has 0 saturated heterocycles. The lowest BCUT2D eigenvalue weighted by atomic mass is 9.98. The summed E-state index contributed by atoms with van der Waals surface area (Å²) >= 11 is 6.63. The van der Waals surface area contributed by atoms with Crippen LogP contribution >= 0.6 is 11.6 Å². The molecule has 1 fully saturated rings. The van der Waals surface area contributed by atoms with Gasteiger partial charge in [-0.15, -0.1) is 0 Å². The Balaban J connectivity index is 1.31. The van der Waals surface area contributed by atoms with Crippen molar-refractivity contribution in [2.75, 3.05) is 16.8 Å². The molecule has 0 spiro atoms. The number of amides is 3. The van der Waals surface area contributed by atoms with Crippen molar-refractivity contribution in [2.45, 2.75) is 50.7 Å². The highest BCUT2D eigenvalue weighted by molar-refractivity contribution is 6.34. The minimum absolute atomic E-state index is 0.0296. The lowest BCUT2D eigenvalue weighted by Gasteiger charge is -2.33. The fourth-order valence-corrected chi connectivity index (χ4v) is 5.26. The summed E-state index contributed by atoms with van der Waals surface area (Å²) in [7, 11) is 0. The molecular formula is C27H23ClF3N5O3. The number of rotatable bonds is 6. The normalized spacial score (nSPS) is 18.2. The Morgan fingerprint density at radius 2 is 2.05 bits per heavy atom. The summed E-state index contributed by atoms with van der Waals surface area (Å²) in [5, 5.41) is 5.31. The number of carbonyl (C=O) groups excluding carboxylic acids is 2. The minimum atomic E-state index is -2.69. The Bertz CT molecular complexity index is 1480. The Morgan fingerprint density at radius 1 is 1.23 bits per heavy atom. The van der Waals surface area contributed by atoms with Crippen molar-refractivity contribution in [2.24, 2.45) is 0 Å². The molecule has 1 unspecified atom stereocenters. The van der Waals surface area contributed by atoms with E-state index < -0.39 is 36.8 Å². The molecule has 1 saturated carbocycles. The van der Waals surface area contributed by atoms with Gasteiger partial charge in [0.2, 0.25) is 0 Å². The zero-order valence-electron chi connectivity index (χ0n) is 20.5. The van der Waals surface area contributed by atoms with Crippen LogP contribution in [0.2, 0.25) is 5.02 Å². The van der Waals surface area contributed by atoms with E-state index in [1.165, 1.54) is 29.3 Å². The van der Waals surface area contributed by atoms with Crippen LogP contribution in [0.1, 0.15) is 64.3 Å². The summed E-state index contributed by atoms with van der Waals surface area (Å²) in [4.78, 5) is 35.8. The third-order valence-corrected chi connectivity index (χ3v) is 7.33. The maximum Gasteiger partial charge on any atom is 0.326 e. The number of pyridine rings is 2. The first-order valence-corrected chi connectivity index (χ1v) is 12.9. The van der Waals surface area contributed by atoms with Gasteiger partial charge in [-0.05, 0) is 55.5 Å². The highest BCUT2D eigenvalue weighted by atomic mass is 35.5. The molecule has 2 aliphatic heterocycles. The molecule has 1 aromatic carbocycles. The monoisotopic (exact) mass is 557 g/mol. The number of fused-ring (bicyclic) bond motifs is 2. The van der Waals surface area contributed by atoms with Crippen molar-refractivity contribution in [3.05, 3.63) is 75.6 Å². The number of benzene rings is 1. The number of hydrogen-bond donors (Lipinski definition) is 2. The number of urea groups is 1. The molecule has 3 aliphatic rings. The van der Waals surface area contributed by atoms with E-state index in [1.54, 1.807) is 12.1 Å². The molecule has 8 nitrogen and oxygen atoms in total. The van der Waals surface area contributed by atoms with Gasteiger partial charge in [0.1, 0.15) is 29.1 Å². The van der Waals surface area contributed by atoms with E-state index >= 15 is 0 Å². The number of nitrogens with zero attached hydrogens (tertiary/aromatic N) is 3. The number of hydrogen-bond acceptors (Lipinski definition) is 5. The number of ether oxygens (including phenoxy) is 1. The summed E-state index contributed by atoms with van der Waals surface area (Å²) in [6.07, 6.45) is 1.10. The van der Waals surface area contributed by atoms with Gasteiger partial charge >= 0.3 is 6.03 Å². The molecule has 0 radical (unpaired) electrons. The summed E-state index contributed by atoms with van der Waals surface area (Å²) in [6, 6.07) is 7.19. The molecule has 6 rings (SSSR count). The van der Waals surface area contributed by atoms with Crippen molar-refractivity contribution in [1.29, 1.82) is 0 Å². The first kappa shape index (κ1) is 25.4. The Kier molecular flexibility index (Phi) is 6.54. The van der Waals surface area contributed by atoms with Gasteiger partial charge in [0, 0.05) is 23.7 Å². The van der Waals surface area contributed by atoms with E-state index in [0.717, 1.165) is 24.0 Å². The highest BCUT2D eigenvalue weighted by Gasteiger charge is 2.36. The number of anilines is 2. The smallest absolute Gasteiger partial charge is 0.326 e. The lowest BCUT2D eigenvalue weighted by molar-refractivity contribution is 0.0886. The molecule has 202 valence electrons. The third kappa shape index (κ3) is 4.98. The summed E-state index contributed by atoms with van der Waals surface area (Å²) in [5.41, 5.74) is 3.22. The topological polar surface area (TPSA) is 96.5 Å². The number of carbonyl (C=O) groups is 2. The molecule has 2 aromatic heterocycles. The van der Waals surface area contributed by atoms with Crippen LogP contribution in [0.3, 0.4) is 0 Å². The number of aryl methyl sites for hydroxylation is 1. The van der Waals surface area contributed by atoms with Gasteiger partial charge in [0.05, 0.1) is 35.2 Å². The van der Waals surface area contributed by atoms with Crippen LogP contribution in [-0.2, 0) is 13.0 Å². The van der Waals surface area contributed by atoms with Gasteiger partial charge in [-0.25, -0.2) is 22.9 Å². The predicted molar refractivity (Wildman–Crippen MR) is 137 cm³/mol. The predicted octanol–water partition coefficient (Wildman–Crippen LogP) is 5.76. The third-order valence-electron chi connectivity index (χ3n) is 7.03. The summed E-state index contributed by atoms with van der Waals surface area (Å²) in [5.74, 6) is -0.587. The van der Waals surface area contributed by atoms with E-state index in [4.69, 9.17) is 16.3 Å². The average molecular weight is 558 g/mol. The van der Waals surface area contributed by atoms with Crippen LogP contribution in [0.25, 0.3) is 0 Å². The lowest BCUT2D eigenvalue weighted by Crippen LogP contribution is -2.40. The molecule has 0 bridgehead atoms. The SMILES string of the molecule is O=C(NCC(F)F)c1cc2c(c(C3CC3)n1)CN(c1cc3c(cc1Cl)CCC(c1ncccc1F)O3)C(=O)N2. The maximum absolute atomic E-state index is 14.4. The zero-order valence-corrected chi connectivity index (χ0v) is 21.3. The van der Waals surface area contributed by atoms with Crippen LogP contribution in [0, 0.1) is 5.82 Å². The van der Waals surface area contributed by atoms with Crippen LogP contribution in [-0.4, -0.2) is 34.9 Å². The van der Waals surface area contributed by atoms with Crippen LogP contribution in [0.5, 0.6) is 5.75 Å². The Morgan fingerprint density at radius 3 is 2.79 bits per heavy atom. The van der Waals surface area contributed by atoms with Crippen LogP contribution < -0.4 is 20.3 Å². The largest absolute Gasteiger partial charge is 0.484 e. The molecular weight excluding hydrogens is 535 g/mol. The molecule has 4 heterocycles. The van der Waals surface area contributed by atoms with E-state index in [0.29, 0.717) is 40.7 Å². The molecule has 12 heteroatoms. The summed E-state index contributed by atoms with van der Waals surface area (Å²) < 4.78 is 45.6. The van der Waals surface area contributed by atoms with Crippen molar-refractivity contribution in [1.82, 2.24) is 15.3 Å². The van der Waals surface area contributed by atoms with Gasteiger partial charge in [-0.1, -0.05) is 11.6 Å². The fraction of sp³-hybridized carbons (Fsp3) is 0.333. The Labute approximate surface area is 226 Å². The van der Waals surface area contributed by atoms with Crippen LogP contribution in [0.4, 0.5) is 29.3 Å². The van der Waals surface area contributed by atoms with Gasteiger partial charge in [-0.2, -0.15) is 0 Å². The number of aromatic nitrogens is 2. The van der Waals surface area contributed by atoms with E-state index in [2.05, 4.69) is 20.6 Å². The van der Waals surface area contributed by atoms with Gasteiger partial charge in [0.15, 0.2) is 0 Å². The number of halogens is 4. The van der Waals surface area contributed by atoms with Crippen molar-refractivity contribution < 1.29 is 27.5 Å². The van der Waals surface area contributed by atoms with E-state index in [9.17, 15) is 22.8 Å². The van der Waals surface area contributed by atoms with Crippen molar-refractivity contribution in [3.63, 3.8) is 0 Å². The van der Waals surface area contributed by atoms with E-state index in [-0.39, 0.29) is 23.9 Å². The second-order valence-corrected chi connectivity index (χ2v) is 10.1. The van der Waals surface area contributed by atoms with Crippen molar-refractivity contribution >= 4 is 34.9 Å². The zero-order chi connectivity index (χ0) is 27.3. The minimum Gasteiger partial charge on any atom is -0.484 e. The first-order valence-electron chi connectivity index (χ1n) is 12.6. The standard InChI is InChI=1S/C27H23ClF3N5O3/c28-16-8-14-5-6-21(25-17(29)2-1-7-32-25)39-22(14)10-20(16)36-12-15-18(35-27(36)38)9-19(26(37)33-11-23(30)31)34-24(15)13-3-4-13/h1-2,7-10,13,21,23H,3-6,11-12H2,(H,33,37)(H,35,38). The number of nitrogens with one attached hydrogen (secondary N) is 2. The Hall–Kier alpha value is -3.86. The number of alkyl halides is 2. The van der Waals surface area contributed by atoms with Gasteiger partial charge in [0.25, 0.3) is 12.3 Å². The fourth-order valence-electron chi connectivity index (χ4n) is 4.97. The quantitative estimate of drug-likeness (QED) is 0.402. The maximum atomic E-state index is 14.4. The molecule has 3 aromatic rings. The highest BCUT2D eigenvalue weighted by Crippen LogP contribution is 2.46. The molecule has 2 N–H and O–H groups in total.